The summed E-state index contributed by atoms with van der Waals surface area (Å²) < 4.78 is 10.7. The number of carbonyl (C=O) groups excluding carboxylic acids is 1. The van der Waals surface area contributed by atoms with Gasteiger partial charge >= 0.3 is 0 Å². The van der Waals surface area contributed by atoms with E-state index in [4.69, 9.17) is 32.7 Å². The van der Waals surface area contributed by atoms with Crippen LogP contribution in [0.1, 0.15) is 22.0 Å². The second-order valence-corrected chi connectivity index (χ2v) is 6.24. The first-order valence-electron chi connectivity index (χ1n) is 7.09. The molecule has 0 aliphatic carbocycles. The van der Waals surface area contributed by atoms with E-state index in [2.05, 4.69) is 4.98 Å². The lowest BCUT2D eigenvalue weighted by Gasteiger charge is -2.19. The molecule has 2 heterocycles. The molecule has 9 heteroatoms. The van der Waals surface area contributed by atoms with E-state index in [0.717, 1.165) is 0 Å². The average molecular weight is 376 g/mol. The van der Waals surface area contributed by atoms with Gasteiger partial charge in [-0.25, -0.2) is 0 Å². The van der Waals surface area contributed by atoms with Crippen LogP contribution in [-0.2, 0) is 4.74 Å². The quantitative estimate of drug-likeness (QED) is 0.601. The summed E-state index contributed by atoms with van der Waals surface area (Å²) in [5, 5.41) is 30.2. The highest BCUT2D eigenvalue weighted by Crippen LogP contribution is 2.45. The molecule has 2 aromatic rings. The topological polar surface area (TPSA) is 112 Å². The fraction of sp³-hybridized carbons (Fsp3) is 0.400. The molecule has 1 aromatic heterocycles. The van der Waals surface area contributed by atoms with Crippen molar-refractivity contribution in [1.29, 1.82) is 0 Å². The van der Waals surface area contributed by atoms with Crippen LogP contribution in [-0.4, -0.2) is 58.6 Å². The molecule has 1 aliphatic rings. The molecule has 7 nitrogen and oxygen atoms in total. The lowest BCUT2D eigenvalue weighted by atomic mass is 9.96. The molecule has 0 radical (unpaired) electrons. The van der Waals surface area contributed by atoms with E-state index in [9.17, 15) is 20.1 Å². The van der Waals surface area contributed by atoms with Crippen LogP contribution in [0.5, 0.6) is 5.88 Å². The van der Waals surface area contributed by atoms with Crippen LogP contribution < -0.4 is 4.74 Å². The lowest BCUT2D eigenvalue weighted by molar-refractivity contribution is -0.0223. The van der Waals surface area contributed by atoms with Crippen LogP contribution in [0.15, 0.2) is 6.07 Å². The van der Waals surface area contributed by atoms with Crippen molar-refractivity contribution >= 4 is 40.4 Å². The number of hydrogen-bond donors (Lipinski definition) is 4. The average Bonchev–Trinajstić information content (AvgIpc) is 3.07. The smallest absolute Gasteiger partial charge is 0.202 e. The highest BCUT2D eigenvalue weighted by molar-refractivity contribution is 6.43. The Labute approximate surface area is 146 Å². The van der Waals surface area contributed by atoms with Crippen LogP contribution >= 0.6 is 23.2 Å². The molecule has 0 saturated carbocycles. The summed E-state index contributed by atoms with van der Waals surface area (Å²) >= 11 is 12.4. The number of rotatable bonds is 4. The number of ether oxygens (including phenoxy) is 2. The summed E-state index contributed by atoms with van der Waals surface area (Å²) in [6, 6.07) is 1.53. The minimum absolute atomic E-state index is 0.0868. The number of halogens is 2. The number of H-pyrrole nitrogens is 1. The molecular weight excluding hydrogens is 361 g/mol. The summed E-state index contributed by atoms with van der Waals surface area (Å²) in [5.41, 5.74) is 0.915. The Hall–Kier alpha value is -1.35. The van der Waals surface area contributed by atoms with Crippen LogP contribution in [0, 0.1) is 0 Å². The van der Waals surface area contributed by atoms with Gasteiger partial charge in [0.15, 0.2) is 6.29 Å². The van der Waals surface area contributed by atoms with Crippen molar-refractivity contribution in [3.63, 3.8) is 0 Å². The van der Waals surface area contributed by atoms with Crippen molar-refractivity contribution in [2.45, 2.75) is 24.4 Å². The molecule has 1 aromatic carbocycles. The Morgan fingerprint density at radius 1 is 1.38 bits per heavy atom. The first-order valence-corrected chi connectivity index (χ1v) is 7.85. The summed E-state index contributed by atoms with van der Waals surface area (Å²) in [7, 11) is 1.40. The number of carbonyl (C=O) groups is 1. The fourth-order valence-electron chi connectivity index (χ4n) is 3.02. The summed E-state index contributed by atoms with van der Waals surface area (Å²) in [4.78, 5) is 14.4. The molecule has 0 spiro atoms. The first-order chi connectivity index (χ1) is 11.4. The van der Waals surface area contributed by atoms with Crippen LogP contribution in [0.2, 0.25) is 10.0 Å². The van der Waals surface area contributed by atoms with E-state index >= 15 is 0 Å². The maximum absolute atomic E-state index is 11.5. The molecule has 24 heavy (non-hydrogen) atoms. The van der Waals surface area contributed by atoms with Crippen molar-refractivity contribution in [1.82, 2.24) is 4.98 Å². The number of hydrogen-bond acceptors (Lipinski definition) is 6. The number of aliphatic hydroxyl groups is 3. The predicted octanol–water partition coefficient (Wildman–Crippen LogP) is 1.45. The Kier molecular flexibility index (Phi) is 4.74. The number of aliphatic hydroxyl groups excluding tert-OH is 3. The van der Waals surface area contributed by atoms with E-state index < -0.39 is 31.0 Å². The maximum Gasteiger partial charge on any atom is 0.202 e. The summed E-state index contributed by atoms with van der Waals surface area (Å²) in [6.45, 7) is -0.479. The largest absolute Gasteiger partial charge is 0.482 e. The molecule has 0 amide bonds. The third kappa shape index (κ3) is 2.48. The highest BCUT2D eigenvalue weighted by atomic mass is 35.5. The van der Waals surface area contributed by atoms with Gasteiger partial charge in [0.2, 0.25) is 5.88 Å². The third-order valence-corrected chi connectivity index (χ3v) is 4.97. The van der Waals surface area contributed by atoms with E-state index in [0.29, 0.717) is 17.2 Å². The van der Waals surface area contributed by atoms with Crippen molar-refractivity contribution < 1.29 is 29.6 Å². The summed E-state index contributed by atoms with van der Waals surface area (Å²) in [5.74, 6) is 0.214. The summed E-state index contributed by atoms with van der Waals surface area (Å²) in [6.07, 6.45) is -4.10. The molecule has 1 aliphatic heterocycles. The second kappa shape index (κ2) is 6.51. The molecule has 0 bridgehead atoms. The van der Waals surface area contributed by atoms with E-state index in [1.54, 1.807) is 0 Å². The Morgan fingerprint density at radius 3 is 2.62 bits per heavy atom. The van der Waals surface area contributed by atoms with E-state index in [1.807, 2.05) is 0 Å². The zero-order valence-corrected chi connectivity index (χ0v) is 14.0. The zero-order chi connectivity index (χ0) is 17.6. The van der Waals surface area contributed by atoms with Gasteiger partial charge in [0.1, 0.15) is 24.4 Å². The number of fused-ring (bicyclic) bond motifs is 1. The van der Waals surface area contributed by atoms with Crippen molar-refractivity contribution in [2.24, 2.45) is 0 Å². The number of nitrogens with one attached hydrogen (secondary N) is 1. The standard InChI is InChI=1S/C15H15Cl2NO6/c1-23-15-5(3-19)9-7(18-15)2-6(16)11(17)10(9)14-13(22)12(21)8(4-20)24-14/h2-3,8,12-14,18,20-22H,4H2,1H3/t8-,12-,13-,14+/m1/s1. The molecule has 4 N–H and O–H groups in total. The first kappa shape index (κ1) is 17.5. The third-order valence-electron chi connectivity index (χ3n) is 4.17. The molecule has 0 unspecified atom stereocenters. The van der Waals surface area contributed by atoms with E-state index in [-0.39, 0.29) is 27.1 Å². The van der Waals surface area contributed by atoms with Crippen molar-refractivity contribution in [3.8, 4) is 5.88 Å². The van der Waals surface area contributed by atoms with Gasteiger partial charge in [-0.2, -0.15) is 0 Å². The number of methoxy groups -OCH3 is 1. The van der Waals surface area contributed by atoms with Gasteiger partial charge in [-0.05, 0) is 6.07 Å². The molecule has 1 fully saturated rings. The molecule has 1 saturated heterocycles. The number of benzene rings is 1. The second-order valence-electron chi connectivity index (χ2n) is 5.46. The molecule has 3 rings (SSSR count). The molecular formula is C15H15Cl2NO6. The zero-order valence-electron chi connectivity index (χ0n) is 12.5. The Bertz CT molecular complexity index is 792. The van der Waals surface area contributed by atoms with Gasteiger partial charge in [-0.1, -0.05) is 23.2 Å². The van der Waals surface area contributed by atoms with E-state index in [1.165, 1.54) is 13.2 Å². The van der Waals surface area contributed by atoms with Crippen molar-refractivity contribution in [2.75, 3.05) is 13.7 Å². The number of aldehydes is 1. The molecule has 4 atom stereocenters. The van der Waals surface area contributed by atoms with Crippen LogP contribution in [0.25, 0.3) is 10.9 Å². The SMILES string of the molecule is COc1[nH]c2cc(Cl)c(Cl)c([C@@H]3O[C@H](CO)[C@@H](O)[C@H]3O)c2c1C=O. The number of aromatic nitrogens is 1. The Balaban J connectivity index is 2.28. The van der Waals surface area contributed by atoms with Gasteiger partial charge < -0.3 is 29.8 Å². The van der Waals surface area contributed by atoms with Gasteiger partial charge in [0.05, 0.1) is 34.8 Å². The minimum Gasteiger partial charge on any atom is -0.482 e. The molecule has 130 valence electrons. The normalized spacial score (nSPS) is 26.9. The fourth-order valence-corrected chi connectivity index (χ4v) is 3.48. The van der Waals surface area contributed by atoms with Crippen molar-refractivity contribution in [3.05, 3.63) is 27.2 Å². The van der Waals surface area contributed by atoms with Gasteiger partial charge in [-0.3, -0.25) is 4.79 Å². The minimum atomic E-state index is -1.35. The Morgan fingerprint density at radius 2 is 2.08 bits per heavy atom. The predicted molar refractivity (Wildman–Crippen MR) is 87.0 cm³/mol. The van der Waals surface area contributed by atoms with Gasteiger partial charge in [0, 0.05) is 10.9 Å². The highest BCUT2D eigenvalue weighted by Gasteiger charge is 2.45. The monoisotopic (exact) mass is 375 g/mol. The van der Waals surface area contributed by atoms with Crippen LogP contribution in [0.3, 0.4) is 0 Å². The van der Waals surface area contributed by atoms with Gasteiger partial charge in [-0.15, -0.1) is 0 Å². The van der Waals surface area contributed by atoms with Crippen LogP contribution in [0.4, 0.5) is 0 Å². The number of aromatic amines is 1. The maximum atomic E-state index is 11.5. The lowest BCUT2D eigenvalue weighted by Crippen LogP contribution is -2.32. The van der Waals surface area contributed by atoms with Gasteiger partial charge in [0.25, 0.3) is 0 Å².